The van der Waals surface area contributed by atoms with E-state index in [4.69, 9.17) is 10.5 Å². The molecular formula is C27H26N10O3. The van der Waals surface area contributed by atoms with Crippen molar-refractivity contribution in [3.63, 3.8) is 0 Å². The topological polar surface area (TPSA) is 158 Å². The van der Waals surface area contributed by atoms with Crippen molar-refractivity contribution in [2.45, 2.75) is 25.8 Å². The number of benzene rings is 1. The fourth-order valence-corrected chi connectivity index (χ4v) is 4.91. The Morgan fingerprint density at radius 3 is 2.88 bits per heavy atom. The highest BCUT2D eigenvalue weighted by molar-refractivity contribution is 6.13. The lowest BCUT2D eigenvalue weighted by Crippen LogP contribution is -2.40. The number of piperidine rings is 1. The highest BCUT2D eigenvalue weighted by Gasteiger charge is 2.29. The normalized spacial score (nSPS) is 15.3. The Morgan fingerprint density at radius 1 is 1.18 bits per heavy atom. The smallest absolute Gasteiger partial charge is 0.277 e. The zero-order chi connectivity index (χ0) is 27.8. The van der Waals surface area contributed by atoms with Gasteiger partial charge in [0.15, 0.2) is 17.0 Å². The fourth-order valence-electron chi connectivity index (χ4n) is 4.91. The number of fused-ring (bicyclic) bond motifs is 2. The van der Waals surface area contributed by atoms with Crippen LogP contribution < -0.4 is 15.8 Å². The Kier molecular flexibility index (Phi) is 6.30. The molecule has 202 valence electrons. The van der Waals surface area contributed by atoms with Crippen LogP contribution in [-0.4, -0.2) is 64.2 Å². The van der Waals surface area contributed by atoms with Crippen molar-refractivity contribution in [2.75, 3.05) is 24.1 Å². The first-order valence-corrected chi connectivity index (χ1v) is 12.7. The number of ether oxygens (including phenoxy) is 1. The summed E-state index contributed by atoms with van der Waals surface area (Å²) >= 11 is 0. The predicted octanol–water partition coefficient (Wildman–Crippen LogP) is 3.15. The van der Waals surface area contributed by atoms with Crippen molar-refractivity contribution >= 4 is 40.0 Å². The summed E-state index contributed by atoms with van der Waals surface area (Å²) in [6.45, 7) is 6.54. The summed E-state index contributed by atoms with van der Waals surface area (Å²) in [5.41, 5.74) is 8.78. The van der Waals surface area contributed by atoms with Gasteiger partial charge in [-0.2, -0.15) is 10.2 Å². The minimum atomic E-state index is -0.453. The molecule has 2 amide bonds. The van der Waals surface area contributed by atoms with E-state index in [2.05, 4.69) is 37.0 Å². The number of anilines is 2. The Bertz CT molecular complexity index is 1780. The number of hydrogen-bond donors (Lipinski definition) is 2. The van der Waals surface area contributed by atoms with Crippen LogP contribution in [0, 0.1) is 6.92 Å². The van der Waals surface area contributed by atoms with Crippen LogP contribution in [0.15, 0.2) is 61.8 Å². The molecule has 1 unspecified atom stereocenters. The molecule has 1 fully saturated rings. The third kappa shape index (κ3) is 4.57. The minimum absolute atomic E-state index is 0.111. The van der Waals surface area contributed by atoms with Crippen LogP contribution >= 0.6 is 0 Å². The molecule has 1 aromatic carbocycles. The zero-order valence-corrected chi connectivity index (χ0v) is 21.7. The molecule has 13 nitrogen and oxygen atoms in total. The van der Waals surface area contributed by atoms with Gasteiger partial charge in [0.2, 0.25) is 5.91 Å². The minimum Gasteiger partial charge on any atom is -0.457 e. The fraction of sp³-hybridized carbons (Fsp3) is 0.222. The number of nitrogen functional groups attached to an aromatic ring is 1. The number of likely N-dealkylation sites (tertiary alicyclic amines) is 1. The Labute approximate surface area is 228 Å². The molecule has 0 spiro atoms. The molecule has 3 N–H and O–H groups in total. The van der Waals surface area contributed by atoms with Gasteiger partial charge in [-0.3, -0.25) is 9.59 Å². The van der Waals surface area contributed by atoms with Crippen molar-refractivity contribution in [2.24, 2.45) is 0 Å². The molecular weight excluding hydrogens is 512 g/mol. The molecule has 0 saturated carbocycles. The van der Waals surface area contributed by atoms with E-state index in [1.165, 1.54) is 18.7 Å². The maximum absolute atomic E-state index is 13.5. The highest BCUT2D eigenvalue weighted by atomic mass is 16.5. The molecule has 1 aliphatic rings. The number of nitrogens with two attached hydrogens (primary N) is 1. The molecule has 1 aliphatic heterocycles. The molecule has 40 heavy (non-hydrogen) atoms. The number of amides is 2. The summed E-state index contributed by atoms with van der Waals surface area (Å²) in [4.78, 5) is 40.0. The van der Waals surface area contributed by atoms with Gasteiger partial charge in [-0.15, -0.1) is 0 Å². The van der Waals surface area contributed by atoms with Gasteiger partial charge in [0.05, 0.1) is 11.4 Å². The van der Waals surface area contributed by atoms with Gasteiger partial charge in [0.25, 0.3) is 5.91 Å². The van der Waals surface area contributed by atoms with Crippen LogP contribution in [0.5, 0.6) is 11.5 Å². The second-order valence-electron chi connectivity index (χ2n) is 9.50. The van der Waals surface area contributed by atoms with Crippen molar-refractivity contribution in [1.29, 1.82) is 0 Å². The summed E-state index contributed by atoms with van der Waals surface area (Å²) in [6, 6.07) is 8.74. The number of aromatic nitrogens is 7. The molecule has 6 rings (SSSR count). The lowest BCUT2D eigenvalue weighted by Gasteiger charge is -2.32. The molecule has 1 saturated heterocycles. The molecule has 5 heterocycles. The van der Waals surface area contributed by atoms with E-state index in [9.17, 15) is 9.59 Å². The first-order valence-electron chi connectivity index (χ1n) is 12.7. The number of nitrogens with one attached hydrogen (secondary N) is 1. The quantitative estimate of drug-likeness (QED) is 0.310. The predicted molar refractivity (Wildman–Crippen MR) is 147 cm³/mol. The van der Waals surface area contributed by atoms with Crippen molar-refractivity contribution in [3.05, 3.63) is 73.1 Å². The third-order valence-corrected chi connectivity index (χ3v) is 6.87. The Morgan fingerprint density at radius 2 is 2.05 bits per heavy atom. The Hall–Kier alpha value is -5.33. The lowest BCUT2D eigenvalue weighted by molar-refractivity contribution is -0.127. The van der Waals surface area contributed by atoms with Crippen LogP contribution in [-0.2, 0) is 4.79 Å². The molecule has 5 aromatic rings. The van der Waals surface area contributed by atoms with E-state index in [-0.39, 0.29) is 23.5 Å². The number of aryl methyl sites for hydroxylation is 1. The number of pyridine rings is 1. The lowest BCUT2D eigenvalue weighted by atomic mass is 10.1. The van der Waals surface area contributed by atoms with E-state index >= 15 is 0 Å². The monoisotopic (exact) mass is 538 g/mol. The first-order chi connectivity index (χ1) is 19.4. The standard InChI is InChI=1S/C27H26N10O3/c1-3-22(38)35-9-4-5-18(13-35)37-26-23(25(28)30-14-31-26)24(34-37)27(39)33-17-6-7-20(16(2)11-17)40-19-8-10-36-21(12-19)29-15-32-36/h3,6-8,10-12,14-15,18H,1,4-5,9,13H2,2H3,(H,33,39)(H2,28,30,31). The number of rotatable bonds is 6. The average Bonchev–Trinajstić information content (AvgIpc) is 3.59. The van der Waals surface area contributed by atoms with Crippen molar-refractivity contribution in [1.82, 2.24) is 39.2 Å². The van der Waals surface area contributed by atoms with Gasteiger partial charge in [0, 0.05) is 31.0 Å². The average molecular weight is 539 g/mol. The second kappa shape index (κ2) is 10.1. The molecule has 0 aliphatic carbocycles. The summed E-state index contributed by atoms with van der Waals surface area (Å²) in [5, 5.41) is 12.0. The Balaban J connectivity index is 1.25. The molecule has 4 aromatic heterocycles. The summed E-state index contributed by atoms with van der Waals surface area (Å²) in [5.74, 6) is 0.801. The van der Waals surface area contributed by atoms with Gasteiger partial charge in [0.1, 0.15) is 30.0 Å². The SMILES string of the molecule is C=CC(=O)N1CCCC(n2nc(C(=O)Nc3ccc(Oc4ccn5ncnc5c4)c(C)c3)c3c(N)ncnc32)C1. The van der Waals surface area contributed by atoms with Crippen LogP contribution in [0.2, 0.25) is 0 Å². The zero-order valence-electron chi connectivity index (χ0n) is 21.7. The second-order valence-corrected chi connectivity index (χ2v) is 9.50. The van der Waals surface area contributed by atoms with E-state index in [0.717, 1.165) is 18.4 Å². The largest absolute Gasteiger partial charge is 0.457 e. The van der Waals surface area contributed by atoms with E-state index in [0.29, 0.717) is 47.0 Å². The van der Waals surface area contributed by atoms with Gasteiger partial charge in [-0.25, -0.2) is 24.1 Å². The molecule has 1 atom stereocenters. The molecule has 13 heteroatoms. The van der Waals surface area contributed by atoms with E-state index < -0.39 is 5.91 Å². The van der Waals surface area contributed by atoms with Crippen molar-refractivity contribution in [3.8, 4) is 11.5 Å². The summed E-state index contributed by atoms with van der Waals surface area (Å²) < 4.78 is 9.36. The molecule has 0 radical (unpaired) electrons. The maximum atomic E-state index is 13.5. The van der Waals surface area contributed by atoms with Crippen LogP contribution in [0.4, 0.5) is 11.5 Å². The summed E-state index contributed by atoms with van der Waals surface area (Å²) in [7, 11) is 0. The van der Waals surface area contributed by atoms with Gasteiger partial charge < -0.3 is 20.7 Å². The van der Waals surface area contributed by atoms with Gasteiger partial charge in [-0.1, -0.05) is 6.58 Å². The number of carbonyl (C=O) groups is 2. The number of hydrogen-bond acceptors (Lipinski definition) is 9. The van der Waals surface area contributed by atoms with Crippen LogP contribution in [0.25, 0.3) is 16.7 Å². The highest BCUT2D eigenvalue weighted by Crippen LogP contribution is 2.31. The van der Waals surface area contributed by atoms with Gasteiger partial charge in [-0.05, 0) is 55.7 Å². The van der Waals surface area contributed by atoms with Crippen molar-refractivity contribution < 1.29 is 14.3 Å². The maximum Gasteiger partial charge on any atom is 0.277 e. The summed E-state index contributed by atoms with van der Waals surface area (Å²) in [6.07, 6.45) is 7.44. The number of carbonyl (C=O) groups excluding carboxylic acids is 2. The van der Waals surface area contributed by atoms with Crippen LogP contribution in [0.1, 0.15) is 34.9 Å². The first kappa shape index (κ1) is 25.0. The molecule has 0 bridgehead atoms. The van der Waals surface area contributed by atoms with E-state index in [1.54, 1.807) is 44.6 Å². The van der Waals surface area contributed by atoms with Gasteiger partial charge >= 0.3 is 0 Å². The number of nitrogens with zero attached hydrogens (tertiary/aromatic N) is 8. The van der Waals surface area contributed by atoms with Crippen LogP contribution in [0.3, 0.4) is 0 Å². The third-order valence-electron chi connectivity index (χ3n) is 6.87. The van der Waals surface area contributed by atoms with E-state index in [1.807, 2.05) is 13.0 Å².